The van der Waals surface area contributed by atoms with Gasteiger partial charge in [0, 0.05) is 0 Å². The smallest absolute Gasteiger partial charge is 0.308 e. The molecule has 0 heterocycles. The van der Waals surface area contributed by atoms with E-state index in [4.69, 9.17) is 4.74 Å². The van der Waals surface area contributed by atoms with E-state index >= 15 is 0 Å². The molecular formula is C10H20O3. The van der Waals surface area contributed by atoms with E-state index in [-0.39, 0.29) is 18.3 Å². The van der Waals surface area contributed by atoms with Crippen LogP contribution in [0.1, 0.15) is 34.1 Å². The van der Waals surface area contributed by atoms with Crippen molar-refractivity contribution >= 4 is 5.97 Å². The Balaban J connectivity index is 3.85. The van der Waals surface area contributed by atoms with Crippen LogP contribution in [0.5, 0.6) is 0 Å². The van der Waals surface area contributed by atoms with Crippen LogP contribution in [0.3, 0.4) is 0 Å². The Morgan fingerprint density at radius 2 is 1.92 bits per heavy atom. The predicted octanol–water partition coefficient (Wildman–Crippen LogP) is 1.59. The van der Waals surface area contributed by atoms with Crippen molar-refractivity contribution in [3.8, 4) is 0 Å². The molecule has 3 heteroatoms. The summed E-state index contributed by atoms with van der Waals surface area (Å²) in [6, 6.07) is 0. The van der Waals surface area contributed by atoms with Crippen LogP contribution >= 0.6 is 0 Å². The van der Waals surface area contributed by atoms with Crippen molar-refractivity contribution in [1.29, 1.82) is 0 Å². The van der Waals surface area contributed by atoms with E-state index in [9.17, 15) is 9.90 Å². The minimum Gasteiger partial charge on any atom is -0.466 e. The number of hydrogen-bond acceptors (Lipinski definition) is 3. The van der Waals surface area contributed by atoms with Gasteiger partial charge in [-0.3, -0.25) is 4.79 Å². The van der Waals surface area contributed by atoms with Gasteiger partial charge in [-0.1, -0.05) is 20.8 Å². The van der Waals surface area contributed by atoms with Crippen molar-refractivity contribution in [3.05, 3.63) is 0 Å². The minimum atomic E-state index is -0.584. The van der Waals surface area contributed by atoms with Gasteiger partial charge in [0.2, 0.25) is 0 Å². The van der Waals surface area contributed by atoms with Crippen molar-refractivity contribution in [2.24, 2.45) is 11.8 Å². The van der Waals surface area contributed by atoms with E-state index in [0.717, 1.165) is 0 Å². The fraction of sp³-hybridized carbons (Fsp3) is 0.900. The predicted molar refractivity (Wildman–Crippen MR) is 51.3 cm³/mol. The standard InChI is InChI=1S/C10H20O3/c1-5-13-10(12)6-9(11)8(4)7(2)3/h7-9,11H,5-6H2,1-4H3. The van der Waals surface area contributed by atoms with E-state index < -0.39 is 6.10 Å². The van der Waals surface area contributed by atoms with Crippen molar-refractivity contribution in [2.45, 2.75) is 40.2 Å². The summed E-state index contributed by atoms with van der Waals surface area (Å²) in [5.74, 6) is 0.191. The van der Waals surface area contributed by atoms with Gasteiger partial charge in [-0.15, -0.1) is 0 Å². The van der Waals surface area contributed by atoms with E-state index in [1.54, 1.807) is 6.92 Å². The van der Waals surface area contributed by atoms with Crippen LogP contribution in [-0.2, 0) is 9.53 Å². The molecule has 0 saturated carbocycles. The summed E-state index contributed by atoms with van der Waals surface area (Å²) >= 11 is 0. The summed E-state index contributed by atoms with van der Waals surface area (Å²) in [5.41, 5.74) is 0. The summed E-state index contributed by atoms with van der Waals surface area (Å²) in [7, 11) is 0. The second-order valence-corrected chi connectivity index (χ2v) is 3.68. The molecule has 0 radical (unpaired) electrons. The molecule has 0 spiro atoms. The third-order valence-electron chi connectivity index (χ3n) is 2.34. The van der Waals surface area contributed by atoms with Crippen LogP contribution in [0.4, 0.5) is 0 Å². The third-order valence-corrected chi connectivity index (χ3v) is 2.34. The molecule has 1 N–H and O–H groups in total. The molecule has 0 amide bonds. The van der Waals surface area contributed by atoms with Crippen LogP contribution in [0.2, 0.25) is 0 Å². The number of ether oxygens (including phenoxy) is 1. The second-order valence-electron chi connectivity index (χ2n) is 3.68. The van der Waals surface area contributed by atoms with Crippen molar-refractivity contribution in [1.82, 2.24) is 0 Å². The van der Waals surface area contributed by atoms with Crippen LogP contribution in [-0.4, -0.2) is 23.8 Å². The molecule has 0 aliphatic rings. The molecule has 0 aromatic heterocycles. The first-order valence-corrected chi connectivity index (χ1v) is 4.82. The fourth-order valence-corrected chi connectivity index (χ4v) is 1.02. The Hall–Kier alpha value is -0.570. The molecule has 3 nitrogen and oxygen atoms in total. The second kappa shape index (κ2) is 5.97. The lowest BCUT2D eigenvalue weighted by molar-refractivity contribution is -0.146. The van der Waals surface area contributed by atoms with Crippen molar-refractivity contribution in [3.63, 3.8) is 0 Å². The number of carbonyl (C=O) groups is 1. The quantitative estimate of drug-likeness (QED) is 0.666. The molecule has 0 fully saturated rings. The summed E-state index contributed by atoms with van der Waals surface area (Å²) in [4.78, 5) is 11.0. The number of aliphatic hydroxyl groups is 1. The molecule has 0 saturated heterocycles. The first-order chi connectivity index (χ1) is 5.99. The highest BCUT2D eigenvalue weighted by Crippen LogP contribution is 2.16. The zero-order chi connectivity index (χ0) is 10.4. The van der Waals surface area contributed by atoms with Gasteiger partial charge in [-0.25, -0.2) is 0 Å². The van der Waals surface area contributed by atoms with Crippen LogP contribution in [0.25, 0.3) is 0 Å². The molecular weight excluding hydrogens is 168 g/mol. The van der Waals surface area contributed by atoms with Crippen molar-refractivity contribution in [2.75, 3.05) is 6.61 Å². The number of esters is 1. The Morgan fingerprint density at radius 3 is 2.31 bits per heavy atom. The van der Waals surface area contributed by atoms with E-state index in [1.165, 1.54) is 0 Å². The lowest BCUT2D eigenvalue weighted by Gasteiger charge is -2.21. The van der Waals surface area contributed by atoms with E-state index in [0.29, 0.717) is 12.5 Å². The van der Waals surface area contributed by atoms with Gasteiger partial charge in [-0.2, -0.15) is 0 Å². The molecule has 0 aromatic carbocycles. The molecule has 2 unspecified atom stereocenters. The number of carbonyl (C=O) groups excluding carboxylic acids is 1. The molecule has 0 aliphatic heterocycles. The van der Waals surface area contributed by atoms with Crippen molar-refractivity contribution < 1.29 is 14.6 Å². The fourth-order valence-electron chi connectivity index (χ4n) is 1.02. The van der Waals surface area contributed by atoms with Gasteiger partial charge < -0.3 is 9.84 Å². The molecule has 78 valence electrons. The lowest BCUT2D eigenvalue weighted by Crippen LogP contribution is -2.26. The SMILES string of the molecule is CCOC(=O)CC(O)C(C)C(C)C. The maximum Gasteiger partial charge on any atom is 0.308 e. The molecule has 2 atom stereocenters. The highest BCUT2D eigenvalue weighted by molar-refractivity contribution is 5.69. The summed E-state index contributed by atoms with van der Waals surface area (Å²) in [6.07, 6.45) is -0.480. The zero-order valence-corrected chi connectivity index (χ0v) is 8.91. The molecule has 0 aromatic rings. The van der Waals surface area contributed by atoms with Crippen LogP contribution in [0, 0.1) is 11.8 Å². The number of hydrogen-bond donors (Lipinski definition) is 1. The summed E-state index contributed by atoms with van der Waals surface area (Å²) < 4.78 is 4.74. The molecule has 0 rings (SSSR count). The Bertz CT molecular complexity index is 154. The van der Waals surface area contributed by atoms with E-state index in [1.807, 2.05) is 20.8 Å². The lowest BCUT2D eigenvalue weighted by atomic mass is 9.91. The first-order valence-electron chi connectivity index (χ1n) is 4.82. The zero-order valence-electron chi connectivity index (χ0n) is 8.91. The largest absolute Gasteiger partial charge is 0.466 e. The Labute approximate surface area is 80.1 Å². The normalized spacial score (nSPS) is 15.5. The third kappa shape index (κ3) is 4.88. The number of aliphatic hydroxyl groups excluding tert-OH is 1. The van der Waals surface area contributed by atoms with Crippen LogP contribution < -0.4 is 0 Å². The highest BCUT2D eigenvalue weighted by Gasteiger charge is 2.20. The van der Waals surface area contributed by atoms with Gasteiger partial charge in [0.15, 0.2) is 0 Å². The maximum atomic E-state index is 11.0. The summed E-state index contributed by atoms with van der Waals surface area (Å²) in [6.45, 7) is 8.13. The maximum absolute atomic E-state index is 11.0. The summed E-state index contributed by atoms with van der Waals surface area (Å²) in [5, 5.41) is 9.58. The average molecular weight is 188 g/mol. The molecule has 0 aliphatic carbocycles. The monoisotopic (exact) mass is 188 g/mol. The van der Waals surface area contributed by atoms with Gasteiger partial charge in [0.1, 0.15) is 0 Å². The first kappa shape index (κ1) is 12.4. The molecule has 13 heavy (non-hydrogen) atoms. The van der Waals surface area contributed by atoms with Gasteiger partial charge in [-0.05, 0) is 18.8 Å². The average Bonchev–Trinajstić information content (AvgIpc) is 2.03. The van der Waals surface area contributed by atoms with E-state index in [2.05, 4.69) is 0 Å². The minimum absolute atomic E-state index is 0.104. The number of rotatable bonds is 5. The van der Waals surface area contributed by atoms with Gasteiger partial charge >= 0.3 is 5.97 Å². The van der Waals surface area contributed by atoms with Gasteiger partial charge in [0.25, 0.3) is 0 Å². The Kier molecular flexibility index (Phi) is 5.71. The topological polar surface area (TPSA) is 46.5 Å². The van der Waals surface area contributed by atoms with Crippen LogP contribution in [0.15, 0.2) is 0 Å². The highest BCUT2D eigenvalue weighted by atomic mass is 16.5. The Morgan fingerprint density at radius 1 is 1.38 bits per heavy atom. The van der Waals surface area contributed by atoms with Gasteiger partial charge in [0.05, 0.1) is 19.1 Å². The molecule has 0 bridgehead atoms.